The van der Waals surface area contributed by atoms with E-state index in [2.05, 4.69) is 111 Å². The van der Waals surface area contributed by atoms with Gasteiger partial charge in [0.1, 0.15) is 31.0 Å². The highest BCUT2D eigenvalue weighted by molar-refractivity contribution is 5.70. The van der Waals surface area contributed by atoms with Gasteiger partial charge in [0.2, 0.25) is 0 Å². The van der Waals surface area contributed by atoms with Crippen LogP contribution in [0.25, 0.3) is 0 Å². The van der Waals surface area contributed by atoms with Crippen molar-refractivity contribution >= 4 is 11.9 Å². The van der Waals surface area contributed by atoms with Crippen LogP contribution in [0.15, 0.2) is 97.2 Å². The number of hydrogen-bond donors (Lipinski definition) is 4. The SMILES string of the molecule is CC/C=C\C/C=C\C/C=C\C/C=C\CCCCC(=O)OC[C@H](CO[C@@H]1O[C@H](CO)[C@H](O)[C@H](O)[C@H]1O)OC(=O)CCCC/C=C\C/C=C\C/C=C\C/C=C\CC. The molecule has 6 atom stereocenters. The summed E-state index contributed by atoms with van der Waals surface area (Å²) in [5, 5.41) is 40.0. The van der Waals surface area contributed by atoms with Crippen molar-refractivity contribution in [2.24, 2.45) is 0 Å². The molecule has 1 aliphatic rings. The molecule has 4 N–H and O–H groups in total. The largest absolute Gasteiger partial charge is 0.462 e. The minimum atomic E-state index is -1.61. The monoisotopic (exact) mass is 770 g/mol. The summed E-state index contributed by atoms with van der Waals surface area (Å²) < 4.78 is 22.0. The summed E-state index contributed by atoms with van der Waals surface area (Å²) in [6.45, 7) is 3.07. The normalized spacial score (nSPS) is 21.6. The van der Waals surface area contributed by atoms with Crippen LogP contribution in [0.3, 0.4) is 0 Å². The van der Waals surface area contributed by atoms with Crippen LogP contribution in [-0.2, 0) is 28.5 Å². The van der Waals surface area contributed by atoms with Crippen molar-refractivity contribution in [3.63, 3.8) is 0 Å². The fourth-order valence-electron chi connectivity index (χ4n) is 5.28. The Hall–Kier alpha value is -3.38. The molecule has 1 heterocycles. The van der Waals surface area contributed by atoms with Gasteiger partial charge in [0, 0.05) is 12.8 Å². The van der Waals surface area contributed by atoms with Crippen LogP contribution in [0.5, 0.6) is 0 Å². The molecular weight excluding hydrogens is 700 g/mol. The molecule has 10 nitrogen and oxygen atoms in total. The highest BCUT2D eigenvalue weighted by Gasteiger charge is 2.44. The summed E-state index contributed by atoms with van der Waals surface area (Å²) in [7, 11) is 0. The van der Waals surface area contributed by atoms with E-state index in [0.717, 1.165) is 77.0 Å². The standard InChI is InChI=1S/C45H70O10/c1-3-5-7-9-11-13-15-17-19-21-23-25-27-29-31-33-40(47)52-36-38(37-53-45-44(51)43(50)42(49)39(35-46)55-45)54-41(48)34-32-30-28-26-24-22-20-18-16-14-12-10-8-6-4-2/h5-8,11-14,17-20,23-26,38-39,42-46,49-51H,3-4,9-10,15-16,21-22,27-37H2,1-2H3/b7-5-,8-6-,13-11-,14-12-,19-17-,20-18-,25-23-,26-24-/t38-,39-,42+,43+,44-,45-/m1/s1. The third-order valence-corrected chi connectivity index (χ3v) is 8.46. The van der Waals surface area contributed by atoms with Gasteiger partial charge in [-0.1, -0.05) is 111 Å². The second kappa shape index (κ2) is 35.1. The molecule has 55 heavy (non-hydrogen) atoms. The summed E-state index contributed by atoms with van der Waals surface area (Å²) in [4.78, 5) is 25.2. The number of hydrogen-bond acceptors (Lipinski definition) is 10. The van der Waals surface area contributed by atoms with E-state index in [1.165, 1.54) is 0 Å². The molecule has 1 aliphatic heterocycles. The van der Waals surface area contributed by atoms with E-state index >= 15 is 0 Å². The lowest BCUT2D eigenvalue weighted by Gasteiger charge is -2.39. The molecule has 0 saturated carbocycles. The van der Waals surface area contributed by atoms with Gasteiger partial charge in [-0.3, -0.25) is 9.59 Å². The molecule has 0 spiro atoms. The molecule has 0 bridgehead atoms. The first-order chi connectivity index (χ1) is 26.8. The van der Waals surface area contributed by atoms with E-state index < -0.39 is 55.4 Å². The van der Waals surface area contributed by atoms with E-state index in [4.69, 9.17) is 18.9 Å². The van der Waals surface area contributed by atoms with E-state index in [1.807, 2.05) is 0 Å². The van der Waals surface area contributed by atoms with Gasteiger partial charge in [-0.2, -0.15) is 0 Å². The average molecular weight is 771 g/mol. The maximum Gasteiger partial charge on any atom is 0.306 e. The molecule has 0 unspecified atom stereocenters. The van der Waals surface area contributed by atoms with Gasteiger partial charge >= 0.3 is 11.9 Å². The maximum atomic E-state index is 12.7. The van der Waals surface area contributed by atoms with Gasteiger partial charge in [-0.15, -0.1) is 0 Å². The van der Waals surface area contributed by atoms with Gasteiger partial charge < -0.3 is 39.4 Å². The van der Waals surface area contributed by atoms with Crippen LogP contribution in [-0.4, -0.2) is 89.0 Å². The van der Waals surface area contributed by atoms with Crippen molar-refractivity contribution in [3.05, 3.63) is 97.2 Å². The van der Waals surface area contributed by atoms with Crippen LogP contribution in [0.4, 0.5) is 0 Å². The Labute approximate surface area is 330 Å². The molecule has 10 heteroatoms. The van der Waals surface area contributed by atoms with E-state index in [0.29, 0.717) is 12.8 Å². The van der Waals surface area contributed by atoms with Crippen molar-refractivity contribution in [3.8, 4) is 0 Å². The predicted molar refractivity (Wildman–Crippen MR) is 219 cm³/mol. The van der Waals surface area contributed by atoms with Crippen LogP contribution < -0.4 is 0 Å². The first-order valence-electron chi connectivity index (χ1n) is 20.3. The molecule has 0 aromatic carbocycles. The quantitative estimate of drug-likeness (QED) is 0.0310. The molecule has 0 aromatic heterocycles. The molecule has 310 valence electrons. The summed E-state index contributed by atoms with van der Waals surface area (Å²) in [6, 6.07) is 0. The lowest BCUT2D eigenvalue weighted by Crippen LogP contribution is -2.59. The predicted octanol–water partition coefficient (Wildman–Crippen LogP) is 7.99. The number of rotatable bonds is 31. The van der Waals surface area contributed by atoms with Crippen LogP contribution in [0, 0.1) is 0 Å². The Morgan fingerprint density at radius 1 is 0.564 bits per heavy atom. The minimum absolute atomic E-state index is 0.162. The van der Waals surface area contributed by atoms with Crippen molar-refractivity contribution in [2.75, 3.05) is 19.8 Å². The van der Waals surface area contributed by atoms with Gasteiger partial charge in [0.15, 0.2) is 12.4 Å². The zero-order chi connectivity index (χ0) is 40.2. The zero-order valence-electron chi connectivity index (χ0n) is 33.4. The number of carbonyl (C=O) groups excluding carboxylic acids is 2. The second-order valence-corrected chi connectivity index (χ2v) is 13.3. The number of aliphatic hydroxyl groups is 4. The maximum absolute atomic E-state index is 12.7. The molecular formula is C45H70O10. The second-order valence-electron chi connectivity index (χ2n) is 13.3. The number of carbonyl (C=O) groups is 2. The molecule has 0 aromatic rings. The Morgan fingerprint density at radius 3 is 1.45 bits per heavy atom. The lowest BCUT2D eigenvalue weighted by molar-refractivity contribution is -0.305. The van der Waals surface area contributed by atoms with Gasteiger partial charge in [-0.25, -0.2) is 0 Å². The number of aliphatic hydroxyl groups excluding tert-OH is 4. The Balaban J connectivity index is 2.46. The average Bonchev–Trinajstić information content (AvgIpc) is 3.18. The fraction of sp³-hybridized carbons (Fsp3) is 0.600. The number of esters is 2. The van der Waals surface area contributed by atoms with Crippen LogP contribution in [0.1, 0.15) is 117 Å². The Bertz CT molecular complexity index is 1210. The van der Waals surface area contributed by atoms with Gasteiger partial charge in [0.25, 0.3) is 0 Å². The van der Waals surface area contributed by atoms with Crippen molar-refractivity contribution in [1.82, 2.24) is 0 Å². The minimum Gasteiger partial charge on any atom is -0.462 e. The van der Waals surface area contributed by atoms with Crippen molar-refractivity contribution < 1.29 is 49.0 Å². The van der Waals surface area contributed by atoms with E-state index in [1.54, 1.807) is 0 Å². The summed E-state index contributed by atoms with van der Waals surface area (Å²) in [6.07, 6.45) is 38.5. The van der Waals surface area contributed by atoms with E-state index in [-0.39, 0.29) is 26.1 Å². The van der Waals surface area contributed by atoms with Gasteiger partial charge in [0.05, 0.1) is 13.2 Å². The molecule has 1 fully saturated rings. The lowest BCUT2D eigenvalue weighted by atomic mass is 9.99. The molecule has 1 saturated heterocycles. The topological polar surface area (TPSA) is 152 Å². The first-order valence-corrected chi connectivity index (χ1v) is 20.3. The van der Waals surface area contributed by atoms with Crippen LogP contribution in [0.2, 0.25) is 0 Å². The molecule has 0 aliphatic carbocycles. The number of unbranched alkanes of at least 4 members (excludes halogenated alkanes) is 4. The first kappa shape index (κ1) is 49.6. The third kappa shape index (κ3) is 27.0. The Kier molecular flexibility index (Phi) is 31.6. The Morgan fingerprint density at radius 2 is 1.00 bits per heavy atom. The molecule has 1 rings (SSSR count). The van der Waals surface area contributed by atoms with Crippen LogP contribution >= 0.6 is 0 Å². The van der Waals surface area contributed by atoms with Crippen molar-refractivity contribution in [1.29, 1.82) is 0 Å². The third-order valence-electron chi connectivity index (χ3n) is 8.46. The van der Waals surface area contributed by atoms with Crippen molar-refractivity contribution in [2.45, 2.75) is 153 Å². The number of allylic oxidation sites excluding steroid dienone is 16. The van der Waals surface area contributed by atoms with E-state index in [9.17, 15) is 30.0 Å². The zero-order valence-corrected chi connectivity index (χ0v) is 33.4. The molecule has 0 amide bonds. The van der Waals surface area contributed by atoms with Gasteiger partial charge in [-0.05, 0) is 89.9 Å². The summed E-state index contributed by atoms with van der Waals surface area (Å²) in [5.41, 5.74) is 0. The smallest absolute Gasteiger partial charge is 0.306 e. The highest BCUT2D eigenvalue weighted by atomic mass is 16.7. The number of ether oxygens (including phenoxy) is 4. The fourth-order valence-corrected chi connectivity index (χ4v) is 5.28. The molecule has 0 radical (unpaired) electrons. The summed E-state index contributed by atoms with van der Waals surface area (Å²) in [5.74, 6) is -0.918. The highest BCUT2D eigenvalue weighted by Crippen LogP contribution is 2.22. The summed E-state index contributed by atoms with van der Waals surface area (Å²) >= 11 is 0.